The van der Waals surface area contributed by atoms with Gasteiger partial charge in [-0.25, -0.2) is 4.98 Å². The first-order chi connectivity index (χ1) is 9.25. The van der Waals surface area contributed by atoms with Gasteiger partial charge in [-0.05, 0) is 36.0 Å². The Kier molecular flexibility index (Phi) is 3.43. The first-order valence-electron chi connectivity index (χ1n) is 6.79. The minimum absolute atomic E-state index is 0.121. The summed E-state index contributed by atoms with van der Waals surface area (Å²) in [5, 5.41) is 9.30. The van der Waals surface area contributed by atoms with Crippen molar-refractivity contribution in [3.05, 3.63) is 40.8 Å². The zero-order valence-corrected chi connectivity index (χ0v) is 13.1. The molecule has 0 N–H and O–H groups in total. The lowest BCUT2D eigenvalue weighted by atomic mass is 9.83. The summed E-state index contributed by atoms with van der Waals surface area (Å²) >= 11 is 0. The van der Waals surface area contributed by atoms with Crippen molar-refractivity contribution < 1.29 is 0 Å². The smallest absolute Gasteiger partial charge is 0.147 e. The van der Waals surface area contributed by atoms with Crippen LogP contribution < -0.4 is 0 Å². The predicted molar refractivity (Wildman–Crippen MR) is 81.5 cm³/mol. The fourth-order valence-electron chi connectivity index (χ4n) is 2.52. The molecule has 0 radical (unpaired) electrons. The van der Waals surface area contributed by atoms with Gasteiger partial charge >= 0.3 is 0 Å². The van der Waals surface area contributed by atoms with Gasteiger partial charge in [0.15, 0.2) is 0 Å². The molecule has 0 fully saturated rings. The molecular weight excluding hydrogens is 246 g/mol. The third-order valence-corrected chi connectivity index (χ3v) is 3.68. The van der Waals surface area contributed by atoms with E-state index in [0.29, 0.717) is 5.69 Å². The molecule has 3 nitrogen and oxygen atoms in total. The maximum atomic E-state index is 9.30. The molecule has 0 unspecified atom stereocenters. The molecule has 0 atom stereocenters. The van der Waals surface area contributed by atoms with Crippen LogP contribution in [0.25, 0.3) is 11.3 Å². The molecule has 20 heavy (non-hydrogen) atoms. The minimum Gasteiger partial charge on any atom is -0.325 e. The Morgan fingerprint density at radius 1 is 1.15 bits per heavy atom. The number of rotatable bonds is 1. The van der Waals surface area contributed by atoms with Crippen LogP contribution in [0.2, 0.25) is 0 Å². The molecule has 0 spiro atoms. The van der Waals surface area contributed by atoms with Crippen molar-refractivity contribution in [3.8, 4) is 17.3 Å². The molecule has 1 heterocycles. The summed E-state index contributed by atoms with van der Waals surface area (Å²) in [7, 11) is 1.85. The van der Waals surface area contributed by atoms with Crippen LogP contribution in [0.1, 0.15) is 43.2 Å². The van der Waals surface area contributed by atoms with Crippen molar-refractivity contribution in [2.75, 3.05) is 0 Å². The van der Waals surface area contributed by atoms with Crippen LogP contribution in [-0.4, -0.2) is 9.55 Å². The van der Waals surface area contributed by atoms with Gasteiger partial charge in [-0.3, -0.25) is 0 Å². The molecule has 0 bridgehead atoms. The van der Waals surface area contributed by atoms with Gasteiger partial charge in [0.25, 0.3) is 0 Å². The summed E-state index contributed by atoms with van der Waals surface area (Å²) in [6.07, 6.45) is 1.70. The van der Waals surface area contributed by atoms with E-state index in [0.717, 1.165) is 11.3 Å². The Balaban J connectivity index is 2.68. The predicted octanol–water partition coefficient (Wildman–Crippen LogP) is 3.87. The standard InChI is InChI=1S/C17H21N3/c1-11-7-13(17(3,4)5)8-12(2)15(11)16-14(9-18)20(6)10-19-16/h7-8,10H,1-6H3. The van der Waals surface area contributed by atoms with Gasteiger partial charge in [0.05, 0.1) is 6.33 Å². The molecule has 0 aliphatic heterocycles. The summed E-state index contributed by atoms with van der Waals surface area (Å²) in [4.78, 5) is 4.41. The van der Waals surface area contributed by atoms with Crippen molar-refractivity contribution in [1.82, 2.24) is 9.55 Å². The number of nitrogens with zero attached hydrogens (tertiary/aromatic N) is 3. The molecule has 2 aromatic rings. The van der Waals surface area contributed by atoms with Crippen LogP contribution in [0.15, 0.2) is 18.5 Å². The zero-order valence-electron chi connectivity index (χ0n) is 13.1. The Bertz CT molecular complexity index is 671. The number of benzene rings is 1. The Morgan fingerprint density at radius 2 is 1.70 bits per heavy atom. The summed E-state index contributed by atoms with van der Waals surface area (Å²) in [5.41, 5.74) is 6.25. The van der Waals surface area contributed by atoms with Gasteiger partial charge in [-0.15, -0.1) is 0 Å². The van der Waals surface area contributed by atoms with Crippen molar-refractivity contribution in [2.45, 2.75) is 40.0 Å². The monoisotopic (exact) mass is 267 g/mol. The van der Waals surface area contributed by atoms with E-state index in [2.05, 4.69) is 57.8 Å². The summed E-state index contributed by atoms with van der Waals surface area (Å²) in [6, 6.07) is 6.66. The molecule has 2 rings (SSSR count). The van der Waals surface area contributed by atoms with E-state index < -0.39 is 0 Å². The lowest BCUT2D eigenvalue weighted by molar-refractivity contribution is 0.589. The fraction of sp³-hybridized carbons (Fsp3) is 0.412. The second-order valence-corrected chi connectivity index (χ2v) is 6.40. The Labute approximate surface area is 120 Å². The van der Waals surface area contributed by atoms with Crippen LogP contribution >= 0.6 is 0 Å². The van der Waals surface area contributed by atoms with E-state index in [1.807, 2.05) is 7.05 Å². The molecule has 0 amide bonds. The van der Waals surface area contributed by atoms with E-state index in [-0.39, 0.29) is 5.41 Å². The van der Waals surface area contributed by atoms with Crippen molar-refractivity contribution in [1.29, 1.82) is 5.26 Å². The van der Waals surface area contributed by atoms with E-state index in [9.17, 15) is 5.26 Å². The normalized spacial score (nSPS) is 11.4. The van der Waals surface area contributed by atoms with Gasteiger partial charge < -0.3 is 4.57 Å². The molecule has 104 valence electrons. The summed E-state index contributed by atoms with van der Waals surface area (Å²) in [6.45, 7) is 10.8. The molecule has 0 saturated heterocycles. The zero-order chi connectivity index (χ0) is 15.1. The lowest BCUT2D eigenvalue weighted by Gasteiger charge is -2.22. The van der Waals surface area contributed by atoms with Crippen LogP contribution in [-0.2, 0) is 12.5 Å². The van der Waals surface area contributed by atoms with Crippen molar-refractivity contribution in [3.63, 3.8) is 0 Å². The van der Waals surface area contributed by atoms with E-state index in [1.165, 1.54) is 16.7 Å². The second kappa shape index (κ2) is 4.79. The molecule has 0 aliphatic carbocycles. The number of imidazole rings is 1. The van der Waals surface area contributed by atoms with Gasteiger partial charge in [-0.2, -0.15) is 5.26 Å². The number of aryl methyl sites for hydroxylation is 3. The largest absolute Gasteiger partial charge is 0.325 e. The Hall–Kier alpha value is -2.08. The van der Waals surface area contributed by atoms with Crippen LogP contribution in [0.4, 0.5) is 0 Å². The molecule has 1 aromatic carbocycles. The van der Waals surface area contributed by atoms with Crippen LogP contribution in [0.5, 0.6) is 0 Å². The number of aromatic nitrogens is 2. The number of hydrogen-bond acceptors (Lipinski definition) is 2. The quantitative estimate of drug-likeness (QED) is 0.787. The molecule has 3 heteroatoms. The molecule has 0 saturated carbocycles. The molecule has 1 aromatic heterocycles. The van der Waals surface area contributed by atoms with Crippen molar-refractivity contribution in [2.24, 2.45) is 7.05 Å². The SMILES string of the molecule is Cc1cc(C(C)(C)C)cc(C)c1-c1ncn(C)c1C#N. The fourth-order valence-corrected chi connectivity index (χ4v) is 2.52. The number of nitriles is 1. The summed E-state index contributed by atoms with van der Waals surface area (Å²) < 4.78 is 1.77. The van der Waals surface area contributed by atoms with Gasteiger partial charge in [0.1, 0.15) is 17.5 Å². The maximum Gasteiger partial charge on any atom is 0.147 e. The third-order valence-electron chi connectivity index (χ3n) is 3.68. The highest BCUT2D eigenvalue weighted by atomic mass is 15.0. The average Bonchev–Trinajstić information content (AvgIpc) is 2.68. The first kappa shape index (κ1) is 14.3. The molecule has 0 aliphatic rings. The second-order valence-electron chi connectivity index (χ2n) is 6.40. The maximum absolute atomic E-state index is 9.30. The van der Waals surface area contributed by atoms with Gasteiger partial charge in [0, 0.05) is 12.6 Å². The van der Waals surface area contributed by atoms with Crippen molar-refractivity contribution >= 4 is 0 Å². The topological polar surface area (TPSA) is 41.6 Å². The lowest BCUT2D eigenvalue weighted by Crippen LogP contribution is -2.12. The Morgan fingerprint density at radius 3 is 2.15 bits per heavy atom. The minimum atomic E-state index is 0.121. The van der Waals surface area contributed by atoms with Crippen LogP contribution in [0, 0.1) is 25.2 Å². The highest BCUT2D eigenvalue weighted by molar-refractivity contribution is 5.72. The third kappa shape index (κ3) is 2.34. The first-order valence-corrected chi connectivity index (χ1v) is 6.79. The summed E-state index contributed by atoms with van der Waals surface area (Å²) in [5.74, 6) is 0. The van der Waals surface area contributed by atoms with Gasteiger partial charge in [-0.1, -0.05) is 32.9 Å². The van der Waals surface area contributed by atoms with Crippen LogP contribution in [0.3, 0.4) is 0 Å². The van der Waals surface area contributed by atoms with E-state index in [1.54, 1.807) is 10.9 Å². The number of hydrogen-bond donors (Lipinski definition) is 0. The highest BCUT2D eigenvalue weighted by Crippen LogP contribution is 2.33. The average molecular weight is 267 g/mol. The highest BCUT2D eigenvalue weighted by Gasteiger charge is 2.19. The van der Waals surface area contributed by atoms with Gasteiger partial charge in [0.2, 0.25) is 0 Å². The van der Waals surface area contributed by atoms with E-state index in [4.69, 9.17) is 0 Å². The molecular formula is C17H21N3. The van der Waals surface area contributed by atoms with E-state index >= 15 is 0 Å².